The Hall–Kier alpha value is -3.20. The van der Waals surface area contributed by atoms with E-state index in [1.165, 1.54) is 6.07 Å². The van der Waals surface area contributed by atoms with E-state index >= 15 is 0 Å². The van der Waals surface area contributed by atoms with Crippen molar-refractivity contribution in [2.75, 3.05) is 10.0 Å². The van der Waals surface area contributed by atoms with Crippen LogP contribution in [0.5, 0.6) is 0 Å². The van der Waals surface area contributed by atoms with Crippen LogP contribution in [0.25, 0.3) is 22.0 Å². The fraction of sp³-hybridized carbons (Fsp3) is 0.259. The normalized spacial score (nSPS) is 18.2. The number of nitrogens with two attached hydrogens (primary N) is 1. The van der Waals surface area contributed by atoms with E-state index in [9.17, 15) is 8.42 Å². The second-order valence-corrected chi connectivity index (χ2v) is 11.3. The first-order chi connectivity index (χ1) is 17.3. The van der Waals surface area contributed by atoms with Crippen LogP contribution in [-0.2, 0) is 10.0 Å². The van der Waals surface area contributed by atoms with E-state index in [4.69, 9.17) is 22.3 Å². The minimum atomic E-state index is -3.80. The van der Waals surface area contributed by atoms with Crippen LogP contribution in [0.2, 0.25) is 5.02 Å². The van der Waals surface area contributed by atoms with Gasteiger partial charge in [-0.15, -0.1) is 0 Å². The van der Waals surface area contributed by atoms with Gasteiger partial charge < -0.3 is 11.1 Å². The zero-order valence-corrected chi connectivity index (χ0v) is 21.5. The fourth-order valence-corrected chi connectivity index (χ4v) is 6.21. The number of halogens is 1. The molecule has 5 rings (SSSR count). The van der Waals surface area contributed by atoms with E-state index < -0.39 is 10.0 Å². The molecule has 0 aliphatic heterocycles. The van der Waals surface area contributed by atoms with Gasteiger partial charge in [0.05, 0.1) is 10.5 Å². The number of benzene rings is 3. The van der Waals surface area contributed by atoms with Crippen LogP contribution in [0.4, 0.5) is 11.6 Å². The molecule has 3 aromatic carbocycles. The highest BCUT2D eigenvalue weighted by Crippen LogP contribution is 2.30. The lowest BCUT2D eigenvalue weighted by molar-refractivity contribution is 0.410. The van der Waals surface area contributed by atoms with Gasteiger partial charge in [-0.2, -0.15) is 0 Å². The summed E-state index contributed by atoms with van der Waals surface area (Å²) >= 11 is 6.09. The second kappa shape index (κ2) is 10.0. The van der Waals surface area contributed by atoms with Crippen LogP contribution in [0.1, 0.15) is 31.2 Å². The first-order valence-corrected chi connectivity index (χ1v) is 13.8. The molecule has 1 aliphatic carbocycles. The molecule has 0 bridgehead atoms. The molecular weight excluding hydrogens is 494 g/mol. The number of sulfonamides is 1. The number of hydrogen-bond acceptors (Lipinski definition) is 6. The molecule has 0 amide bonds. The van der Waals surface area contributed by atoms with E-state index in [0.717, 1.165) is 53.3 Å². The van der Waals surface area contributed by atoms with Gasteiger partial charge in [-0.1, -0.05) is 35.9 Å². The van der Waals surface area contributed by atoms with Gasteiger partial charge in [-0.05, 0) is 85.7 Å². The van der Waals surface area contributed by atoms with Crippen molar-refractivity contribution in [3.05, 3.63) is 77.4 Å². The highest BCUT2D eigenvalue weighted by molar-refractivity contribution is 7.92. The van der Waals surface area contributed by atoms with Crippen molar-refractivity contribution in [1.29, 1.82) is 0 Å². The lowest BCUT2D eigenvalue weighted by Gasteiger charge is -2.26. The minimum Gasteiger partial charge on any atom is -0.351 e. The Morgan fingerprint density at radius 3 is 2.53 bits per heavy atom. The maximum absolute atomic E-state index is 12.8. The summed E-state index contributed by atoms with van der Waals surface area (Å²) < 4.78 is 28.2. The number of nitrogens with one attached hydrogen (secondary N) is 2. The Labute approximate surface area is 216 Å². The summed E-state index contributed by atoms with van der Waals surface area (Å²) in [4.78, 5) is 9.27. The third-order valence-corrected chi connectivity index (χ3v) is 8.48. The molecule has 4 aromatic rings. The molecule has 9 heteroatoms. The van der Waals surface area contributed by atoms with Crippen molar-refractivity contribution in [2.45, 2.75) is 49.6 Å². The lowest BCUT2D eigenvalue weighted by Crippen LogP contribution is -2.33. The molecule has 7 nitrogen and oxygen atoms in total. The van der Waals surface area contributed by atoms with Gasteiger partial charge in [0.1, 0.15) is 4.90 Å². The van der Waals surface area contributed by atoms with Crippen molar-refractivity contribution in [3.8, 4) is 11.1 Å². The summed E-state index contributed by atoms with van der Waals surface area (Å²) in [6, 6.07) is 18.6. The largest absolute Gasteiger partial charge is 0.351 e. The number of nitrogens with zero attached hydrogens (tertiary/aromatic N) is 2. The zero-order chi connectivity index (χ0) is 25.3. The van der Waals surface area contributed by atoms with Gasteiger partial charge in [-0.3, -0.25) is 4.72 Å². The highest BCUT2D eigenvalue weighted by atomic mass is 35.5. The SMILES string of the molecule is Cc1cc(NS(=O)(=O)c2ccccc2Cl)ccc1-c1ccc2nc(NC3CCC(N)CC3)ncc2c1. The average Bonchev–Trinajstić information content (AvgIpc) is 2.85. The Bertz CT molecular complexity index is 1520. The van der Waals surface area contributed by atoms with Crippen molar-refractivity contribution >= 4 is 44.2 Å². The third kappa shape index (κ3) is 5.31. The summed E-state index contributed by atoms with van der Waals surface area (Å²) in [6.07, 6.45) is 5.95. The number of aryl methyl sites for hydroxylation is 1. The molecule has 1 heterocycles. The highest BCUT2D eigenvalue weighted by Gasteiger charge is 2.20. The number of anilines is 2. The van der Waals surface area contributed by atoms with Gasteiger partial charge in [0.25, 0.3) is 10.0 Å². The summed E-state index contributed by atoms with van der Waals surface area (Å²) in [7, 11) is -3.80. The molecule has 0 atom stereocenters. The topological polar surface area (TPSA) is 110 Å². The molecule has 36 heavy (non-hydrogen) atoms. The van der Waals surface area contributed by atoms with Crippen molar-refractivity contribution in [1.82, 2.24) is 9.97 Å². The van der Waals surface area contributed by atoms with Gasteiger partial charge in [0.15, 0.2) is 0 Å². The summed E-state index contributed by atoms with van der Waals surface area (Å²) in [5.74, 6) is 0.641. The van der Waals surface area contributed by atoms with Crippen LogP contribution < -0.4 is 15.8 Å². The molecule has 1 aliphatic rings. The average molecular weight is 522 g/mol. The van der Waals surface area contributed by atoms with Crippen LogP contribution >= 0.6 is 11.6 Å². The molecule has 4 N–H and O–H groups in total. The maximum atomic E-state index is 12.8. The molecule has 0 spiro atoms. The number of rotatable bonds is 6. The summed E-state index contributed by atoms with van der Waals surface area (Å²) in [5.41, 5.74) is 10.3. The lowest BCUT2D eigenvalue weighted by atomic mass is 9.92. The number of hydrogen-bond donors (Lipinski definition) is 3. The minimum absolute atomic E-state index is 0.0452. The smallest absolute Gasteiger partial charge is 0.263 e. The molecule has 0 radical (unpaired) electrons. The van der Waals surface area contributed by atoms with Gasteiger partial charge >= 0.3 is 0 Å². The summed E-state index contributed by atoms with van der Waals surface area (Å²) in [5, 5.41) is 4.56. The van der Waals surface area contributed by atoms with E-state index in [1.54, 1.807) is 24.3 Å². The predicted molar refractivity (Wildman–Crippen MR) is 146 cm³/mol. The standard InChI is InChI=1S/C27H28ClN5O2S/c1-17-14-22(33-36(34,35)26-5-3-2-4-24(26)28)11-12-23(17)18-6-13-25-19(15-18)16-30-27(32-25)31-21-9-7-20(29)8-10-21/h2-6,11-16,20-21,33H,7-10,29H2,1H3,(H,30,31,32). The fourth-order valence-electron chi connectivity index (χ4n) is 4.64. The molecule has 1 aromatic heterocycles. The summed E-state index contributed by atoms with van der Waals surface area (Å²) in [6.45, 7) is 1.95. The first-order valence-electron chi connectivity index (χ1n) is 12.0. The van der Waals surface area contributed by atoms with Crippen molar-refractivity contribution in [2.24, 2.45) is 5.73 Å². The number of fused-ring (bicyclic) bond motifs is 1. The van der Waals surface area contributed by atoms with Crippen LogP contribution in [0, 0.1) is 6.92 Å². The molecule has 186 valence electrons. The molecule has 0 saturated heterocycles. The Kier molecular flexibility index (Phi) is 6.83. The van der Waals surface area contributed by atoms with Crippen molar-refractivity contribution in [3.63, 3.8) is 0 Å². The van der Waals surface area contributed by atoms with Gasteiger partial charge in [-0.25, -0.2) is 18.4 Å². The molecule has 0 unspecified atom stereocenters. The van der Waals surface area contributed by atoms with E-state index in [0.29, 0.717) is 23.7 Å². The molecule has 1 saturated carbocycles. The van der Waals surface area contributed by atoms with E-state index in [-0.39, 0.29) is 9.92 Å². The zero-order valence-electron chi connectivity index (χ0n) is 19.9. The van der Waals surface area contributed by atoms with Gasteiger partial charge in [0, 0.05) is 29.4 Å². The van der Waals surface area contributed by atoms with Gasteiger partial charge in [0.2, 0.25) is 5.95 Å². The number of aromatic nitrogens is 2. The van der Waals surface area contributed by atoms with Crippen LogP contribution in [0.15, 0.2) is 71.8 Å². The first kappa shape index (κ1) is 24.5. The monoisotopic (exact) mass is 521 g/mol. The Morgan fingerprint density at radius 2 is 1.78 bits per heavy atom. The Balaban J connectivity index is 1.34. The van der Waals surface area contributed by atoms with Crippen molar-refractivity contribution < 1.29 is 8.42 Å². The third-order valence-electron chi connectivity index (χ3n) is 6.60. The maximum Gasteiger partial charge on any atom is 0.263 e. The van der Waals surface area contributed by atoms with E-state index in [1.807, 2.05) is 37.4 Å². The molecular formula is C27H28ClN5O2S. The predicted octanol–water partition coefficient (Wildman–Crippen LogP) is 5.74. The quantitative estimate of drug-likeness (QED) is 0.298. The Morgan fingerprint density at radius 1 is 1.00 bits per heavy atom. The van der Waals surface area contributed by atoms with Crippen LogP contribution in [0.3, 0.4) is 0 Å². The van der Waals surface area contributed by atoms with Crippen LogP contribution in [-0.4, -0.2) is 30.5 Å². The second-order valence-electron chi connectivity index (χ2n) is 9.29. The molecule has 1 fully saturated rings. The van der Waals surface area contributed by atoms with E-state index in [2.05, 4.69) is 21.1 Å².